The summed E-state index contributed by atoms with van der Waals surface area (Å²) in [6.45, 7) is 6.94. The smallest absolute Gasteiger partial charge is 0.0681 e. The number of hydrogen-bond acceptors (Lipinski definition) is 2. The van der Waals surface area contributed by atoms with Gasteiger partial charge >= 0.3 is 0 Å². The SMILES string of the molecule is CCCC1c2ccc(CO)cc2CCN1CC. The Kier molecular flexibility index (Phi) is 4.19. The van der Waals surface area contributed by atoms with Crippen molar-refractivity contribution in [2.24, 2.45) is 0 Å². The third kappa shape index (κ3) is 2.53. The fraction of sp³-hybridized carbons (Fsp3) is 0.600. The molecule has 0 amide bonds. The lowest BCUT2D eigenvalue weighted by atomic mass is 9.89. The van der Waals surface area contributed by atoms with E-state index in [-0.39, 0.29) is 6.61 Å². The fourth-order valence-electron chi connectivity index (χ4n) is 2.91. The van der Waals surface area contributed by atoms with E-state index in [9.17, 15) is 5.11 Å². The van der Waals surface area contributed by atoms with Crippen molar-refractivity contribution < 1.29 is 5.11 Å². The van der Waals surface area contributed by atoms with Crippen molar-refractivity contribution >= 4 is 0 Å². The van der Waals surface area contributed by atoms with Crippen LogP contribution in [-0.4, -0.2) is 23.1 Å². The molecule has 1 N–H and O–H groups in total. The summed E-state index contributed by atoms with van der Waals surface area (Å²) in [5, 5.41) is 9.20. The standard InChI is InChI=1S/C15H23NO/c1-3-5-15-14-7-6-12(11-17)10-13(14)8-9-16(15)4-2/h6-7,10,15,17H,3-5,8-9,11H2,1-2H3. The van der Waals surface area contributed by atoms with Gasteiger partial charge in [0.05, 0.1) is 6.61 Å². The highest BCUT2D eigenvalue weighted by Crippen LogP contribution is 2.33. The summed E-state index contributed by atoms with van der Waals surface area (Å²) >= 11 is 0. The molecule has 0 aliphatic carbocycles. The first-order chi connectivity index (χ1) is 8.30. The molecule has 0 spiro atoms. The van der Waals surface area contributed by atoms with Gasteiger partial charge in [0.2, 0.25) is 0 Å². The first-order valence-electron chi connectivity index (χ1n) is 6.76. The number of hydrogen-bond donors (Lipinski definition) is 1. The summed E-state index contributed by atoms with van der Waals surface area (Å²) in [6, 6.07) is 7.07. The Morgan fingerprint density at radius 2 is 2.18 bits per heavy atom. The Hall–Kier alpha value is -0.860. The lowest BCUT2D eigenvalue weighted by molar-refractivity contribution is 0.184. The molecule has 2 nitrogen and oxygen atoms in total. The number of nitrogens with zero attached hydrogens (tertiary/aromatic N) is 1. The molecule has 0 bridgehead atoms. The van der Waals surface area contributed by atoms with E-state index < -0.39 is 0 Å². The number of likely N-dealkylation sites (N-methyl/N-ethyl adjacent to an activating group) is 1. The van der Waals surface area contributed by atoms with Crippen LogP contribution in [0.15, 0.2) is 18.2 Å². The quantitative estimate of drug-likeness (QED) is 0.864. The second-order valence-electron chi connectivity index (χ2n) is 4.87. The molecule has 0 aromatic heterocycles. The summed E-state index contributed by atoms with van der Waals surface area (Å²) in [5.74, 6) is 0. The van der Waals surface area contributed by atoms with E-state index in [1.807, 2.05) is 0 Å². The van der Waals surface area contributed by atoms with Gasteiger partial charge in [-0.1, -0.05) is 38.5 Å². The summed E-state index contributed by atoms with van der Waals surface area (Å²) < 4.78 is 0. The van der Waals surface area contributed by atoms with Crippen LogP contribution in [0, 0.1) is 0 Å². The summed E-state index contributed by atoms with van der Waals surface area (Å²) in [5.41, 5.74) is 3.97. The van der Waals surface area contributed by atoms with E-state index in [1.54, 1.807) is 0 Å². The minimum Gasteiger partial charge on any atom is -0.392 e. The van der Waals surface area contributed by atoms with E-state index in [4.69, 9.17) is 0 Å². The normalized spacial score (nSPS) is 20.3. The molecule has 2 heteroatoms. The lowest BCUT2D eigenvalue weighted by Crippen LogP contribution is -2.35. The molecule has 1 aliphatic heterocycles. The van der Waals surface area contributed by atoms with Crippen LogP contribution in [0.25, 0.3) is 0 Å². The molecule has 1 heterocycles. The molecule has 0 radical (unpaired) electrons. The molecule has 1 aromatic carbocycles. The van der Waals surface area contributed by atoms with Gasteiger partial charge in [-0.25, -0.2) is 0 Å². The van der Waals surface area contributed by atoms with Crippen LogP contribution in [-0.2, 0) is 13.0 Å². The summed E-state index contributed by atoms with van der Waals surface area (Å²) in [4.78, 5) is 2.57. The molecular formula is C15H23NO. The maximum atomic E-state index is 9.20. The highest BCUT2D eigenvalue weighted by Gasteiger charge is 2.25. The second-order valence-corrected chi connectivity index (χ2v) is 4.87. The third-order valence-electron chi connectivity index (χ3n) is 3.83. The Labute approximate surface area is 104 Å². The molecule has 1 aromatic rings. The number of benzene rings is 1. The van der Waals surface area contributed by atoms with Crippen molar-refractivity contribution in [3.63, 3.8) is 0 Å². The predicted octanol–water partition coefficient (Wildman–Crippen LogP) is 2.90. The van der Waals surface area contributed by atoms with Crippen molar-refractivity contribution in [1.82, 2.24) is 4.90 Å². The van der Waals surface area contributed by atoms with Gasteiger partial charge in [-0.15, -0.1) is 0 Å². The zero-order chi connectivity index (χ0) is 12.3. The number of aliphatic hydroxyl groups is 1. The van der Waals surface area contributed by atoms with Crippen molar-refractivity contribution in [2.75, 3.05) is 13.1 Å². The highest BCUT2D eigenvalue weighted by atomic mass is 16.3. The van der Waals surface area contributed by atoms with E-state index in [2.05, 4.69) is 36.9 Å². The third-order valence-corrected chi connectivity index (χ3v) is 3.83. The summed E-state index contributed by atoms with van der Waals surface area (Å²) in [7, 11) is 0. The Morgan fingerprint density at radius 3 is 2.82 bits per heavy atom. The van der Waals surface area contributed by atoms with Crippen LogP contribution in [0.1, 0.15) is 49.4 Å². The van der Waals surface area contributed by atoms with Crippen molar-refractivity contribution in [3.8, 4) is 0 Å². The molecule has 1 aliphatic rings. The van der Waals surface area contributed by atoms with Gasteiger partial charge in [0.25, 0.3) is 0 Å². The van der Waals surface area contributed by atoms with Gasteiger partial charge in [-0.2, -0.15) is 0 Å². The van der Waals surface area contributed by atoms with Gasteiger partial charge in [0.15, 0.2) is 0 Å². The van der Waals surface area contributed by atoms with Crippen molar-refractivity contribution in [2.45, 2.75) is 45.8 Å². The largest absolute Gasteiger partial charge is 0.392 e. The topological polar surface area (TPSA) is 23.5 Å². The molecule has 2 rings (SSSR count). The molecule has 1 atom stereocenters. The minimum absolute atomic E-state index is 0.156. The molecular weight excluding hydrogens is 210 g/mol. The van der Waals surface area contributed by atoms with Gasteiger partial charge in [0, 0.05) is 12.6 Å². The Bertz CT molecular complexity index is 375. The van der Waals surface area contributed by atoms with Crippen LogP contribution in [0.2, 0.25) is 0 Å². The first-order valence-corrected chi connectivity index (χ1v) is 6.76. The molecule has 17 heavy (non-hydrogen) atoms. The van der Waals surface area contributed by atoms with Gasteiger partial charge in [0.1, 0.15) is 0 Å². The van der Waals surface area contributed by atoms with Crippen LogP contribution < -0.4 is 0 Å². The average molecular weight is 233 g/mol. The second kappa shape index (κ2) is 5.65. The van der Waals surface area contributed by atoms with E-state index in [1.165, 1.54) is 24.0 Å². The molecule has 0 fully saturated rings. The molecule has 94 valence electrons. The molecule has 0 saturated heterocycles. The number of aliphatic hydroxyl groups excluding tert-OH is 1. The Balaban J connectivity index is 2.32. The van der Waals surface area contributed by atoms with E-state index in [0.717, 1.165) is 25.1 Å². The maximum absolute atomic E-state index is 9.20. The van der Waals surface area contributed by atoms with Crippen LogP contribution in [0.3, 0.4) is 0 Å². The van der Waals surface area contributed by atoms with E-state index in [0.29, 0.717) is 6.04 Å². The van der Waals surface area contributed by atoms with Crippen molar-refractivity contribution in [3.05, 3.63) is 34.9 Å². The summed E-state index contributed by atoms with van der Waals surface area (Å²) in [6.07, 6.45) is 3.58. The van der Waals surface area contributed by atoms with E-state index >= 15 is 0 Å². The lowest BCUT2D eigenvalue weighted by Gasteiger charge is -2.37. The Morgan fingerprint density at radius 1 is 1.35 bits per heavy atom. The minimum atomic E-state index is 0.156. The highest BCUT2D eigenvalue weighted by molar-refractivity contribution is 5.36. The molecule has 0 saturated carbocycles. The van der Waals surface area contributed by atoms with Gasteiger partial charge in [-0.3, -0.25) is 4.90 Å². The van der Waals surface area contributed by atoms with Gasteiger partial charge < -0.3 is 5.11 Å². The fourth-order valence-corrected chi connectivity index (χ4v) is 2.91. The predicted molar refractivity (Wildman–Crippen MR) is 71.0 cm³/mol. The number of fused-ring (bicyclic) bond motifs is 1. The zero-order valence-electron chi connectivity index (χ0n) is 10.9. The van der Waals surface area contributed by atoms with Crippen molar-refractivity contribution in [1.29, 1.82) is 0 Å². The molecule has 1 unspecified atom stereocenters. The maximum Gasteiger partial charge on any atom is 0.0681 e. The average Bonchev–Trinajstić information content (AvgIpc) is 2.38. The zero-order valence-corrected chi connectivity index (χ0v) is 10.9. The van der Waals surface area contributed by atoms with Crippen LogP contribution >= 0.6 is 0 Å². The number of rotatable bonds is 4. The monoisotopic (exact) mass is 233 g/mol. The van der Waals surface area contributed by atoms with Crippen LogP contribution in [0.5, 0.6) is 0 Å². The first kappa shape index (κ1) is 12.6. The van der Waals surface area contributed by atoms with Crippen LogP contribution in [0.4, 0.5) is 0 Å². The van der Waals surface area contributed by atoms with Gasteiger partial charge in [-0.05, 0) is 36.1 Å².